The number of hydrogen-bond donors (Lipinski definition) is 1. The second-order valence-corrected chi connectivity index (χ2v) is 9.44. The molecule has 1 unspecified atom stereocenters. The number of rotatable bonds is 7. The van der Waals surface area contributed by atoms with Gasteiger partial charge in [0.15, 0.2) is 17.2 Å². The molecule has 2 heterocycles. The maximum absolute atomic E-state index is 13.3. The van der Waals surface area contributed by atoms with Crippen LogP contribution in [0.5, 0.6) is 17.2 Å². The van der Waals surface area contributed by atoms with Gasteiger partial charge in [0.1, 0.15) is 5.76 Å². The molecule has 0 aliphatic carbocycles. The van der Waals surface area contributed by atoms with E-state index in [1.54, 1.807) is 18.2 Å². The van der Waals surface area contributed by atoms with Crippen LogP contribution in [0.1, 0.15) is 22.0 Å². The molecule has 1 aromatic heterocycles. The zero-order valence-electron chi connectivity index (χ0n) is 19.0. The molecule has 35 heavy (non-hydrogen) atoms. The van der Waals surface area contributed by atoms with Gasteiger partial charge in [-0.15, -0.1) is 11.3 Å². The Bertz CT molecular complexity index is 1300. The van der Waals surface area contributed by atoms with Crippen LogP contribution >= 0.6 is 34.5 Å². The number of aliphatic hydroxyl groups excluding tert-OH is 1. The first-order chi connectivity index (χ1) is 16.8. The summed E-state index contributed by atoms with van der Waals surface area (Å²) >= 11 is 14.0. The molecule has 1 N–H and O–H groups in total. The van der Waals surface area contributed by atoms with Crippen molar-refractivity contribution in [2.45, 2.75) is 12.6 Å². The van der Waals surface area contributed by atoms with Crippen molar-refractivity contribution in [2.75, 3.05) is 21.3 Å². The molecule has 1 fully saturated rings. The number of carbonyl (C=O) groups is 2. The smallest absolute Gasteiger partial charge is 0.295 e. The topological polar surface area (TPSA) is 85.3 Å². The number of benzene rings is 2. The van der Waals surface area contributed by atoms with Crippen molar-refractivity contribution in [1.29, 1.82) is 0 Å². The van der Waals surface area contributed by atoms with Crippen molar-refractivity contribution in [3.05, 3.63) is 79.5 Å². The standard InChI is InChI=1S/C25H21Cl2NO6S/c1-32-18-7-6-13(11-19(18)33-2)21-20(22(29)14-9-16(26)24(34-3)17(27)10-14)23(30)25(31)28(21)12-15-5-4-8-35-15/h4-11,21,29H,12H2,1-3H3/b22-20+. The number of amides is 1. The average molecular weight is 534 g/mol. The minimum absolute atomic E-state index is 0.0870. The molecule has 182 valence electrons. The number of likely N-dealkylation sites (tertiary alicyclic amines) is 1. The Morgan fingerprint density at radius 2 is 1.69 bits per heavy atom. The van der Waals surface area contributed by atoms with Gasteiger partial charge in [0.2, 0.25) is 0 Å². The number of halogens is 2. The van der Waals surface area contributed by atoms with E-state index in [2.05, 4.69) is 0 Å². The second-order valence-electron chi connectivity index (χ2n) is 7.59. The molecule has 0 saturated carbocycles. The Balaban J connectivity index is 1.92. The first-order valence-corrected chi connectivity index (χ1v) is 12.0. The summed E-state index contributed by atoms with van der Waals surface area (Å²) in [6.07, 6.45) is 0. The first kappa shape index (κ1) is 24.9. The number of ketones is 1. The van der Waals surface area contributed by atoms with Gasteiger partial charge in [-0.2, -0.15) is 0 Å². The second kappa shape index (κ2) is 10.2. The van der Waals surface area contributed by atoms with Crippen LogP contribution in [-0.2, 0) is 16.1 Å². The van der Waals surface area contributed by atoms with Crippen molar-refractivity contribution < 1.29 is 28.9 Å². The van der Waals surface area contributed by atoms with Crippen LogP contribution in [-0.4, -0.2) is 43.0 Å². The minimum Gasteiger partial charge on any atom is -0.507 e. The van der Waals surface area contributed by atoms with E-state index < -0.39 is 23.5 Å². The summed E-state index contributed by atoms with van der Waals surface area (Å²) in [6.45, 7) is 0.183. The normalized spacial score (nSPS) is 17.1. The highest BCUT2D eigenvalue weighted by Gasteiger charge is 2.46. The number of methoxy groups -OCH3 is 3. The van der Waals surface area contributed by atoms with Crippen LogP contribution in [0, 0.1) is 0 Å². The van der Waals surface area contributed by atoms with Crippen molar-refractivity contribution >= 4 is 52.0 Å². The monoisotopic (exact) mass is 533 g/mol. The maximum Gasteiger partial charge on any atom is 0.295 e. The van der Waals surface area contributed by atoms with E-state index in [-0.39, 0.29) is 33.5 Å². The summed E-state index contributed by atoms with van der Waals surface area (Å²) in [5, 5.41) is 13.5. The predicted octanol–water partition coefficient (Wildman–Crippen LogP) is 5.70. The number of carbonyl (C=O) groups excluding carboxylic acids is 2. The minimum atomic E-state index is -0.892. The zero-order valence-corrected chi connectivity index (χ0v) is 21.3. The van der Waals surface area contributed by atoms with Crippen LogP contribution in [0.15, 0.2) is 53.4 Å². The van der Waals surface area contributed by atoms with Gasteiger partial charge < -0.3 is 24.2 Å². The molecule has 4 rings (SSSR count). The number of nitrogens with zero attached hydrogens (tertiary/aromatic N) is 1. The molecular formula is C25H21Cl2NO6S. The summed E-state index contributed by atoms with van der Waals surface area (Å²) < 4.78 is 15.9. The van der Waals surface area contributed by atoms with Crippen LogP contribution in [0.25, 0.3) is 5.76 Å². The molecular weight excluding hydrogens is 513 g/mol. The third-order valence-corrected chi connectivity index (χ3v) is 7.07. The van der Waals surface area contributed by atoms with E-state index in [0.717, 1.165) is 4.88 Å². The van der Waals surface area contributed by atoms with Gasteiger partial charge in [0, 0.05) is 10.4 Å². The van der Waals surface area contributed by atoms with Crippen LogP contribution < -0.4 is 14.2 Å². The number of thiophene rings is 1. The Kier molecular flexibility index (Phi) is 7.25. The molecule has 0 radical (unpaired) electrons. The van der Waals surface area contributed by atoms with Crippen molar-refractivity contribution in [3.8, 4) is 17.2 Å². The number of hydrogen-bond acceptors (Lipinski definition) is 7. The maximum atomic E-state index is 13.3. The first-order valence-electron chi connectivity index (χ1n) is 10.4. The fourth-order valence-electron chi connectivity index (χ4n) is 4.03. The molecule has 2 aromatic carbocycles. The highest BCUT2D eigenvalue weighted by molar-refractivity contribution is 7.09. The Hall–Kier alpha value is -3.20. The summed E-state index contributed by atoms with van der Waals surface area (Å²) in [6, 6.07) is 10.8. The number of aliphatic hydroxyl groups is 1. The lowest BCUT2D eigenvalue weighted by Gasteiger charge is -2.25. The molecule has 10 heteroatoms. The van der Waals surface area contributed by atoms with E-state index in [1.165, 1.54) is 49.7 Å². The van der Waals surface area contributed by atoms with Crippen LogP contribution in [0.2, 0.25) is 10.0 Å². The predicted molar refractivity (Wildman–Crippen MR) is 135 cm³/mol. The largest absolute Gasteiger partial charge is 0.507 e. The lowest BCUT2D eigenvalue weighted by molar-refractivity contribution is -0.140. The molecule has 1 aliphatic heterocycles. The molecule has 3 aromatic rings. The molecule has 1 aliphatic rings. The summed E-state index contributed by atoms with van der Waals surface area (Å²) in [4.78, 5) is 28.7. The molecule has 0 spiro atoms. The van der Waals surface area contributed by atoms with Crippen LogP contribution in [0.3, 0.4) is 0 Å². The van der Waals surface area contributed by atoms with Crippen molar-refractivity contribution in [3.63, 3.8) is 0 Å². The molecule has 1 amide bonds. The Morgan fingerprint density at radius 1 is 1.00 bits per heavy atom. The third-order valence-electron chi connectivity index (χ3n) is 5.65. The highest BCUT2D eigenvalue weighted by atomic mass is 35.5. The molecule has 1 saturated heterocycles. The highest BCUT2D eigenvalue weighted by Crippen LogP contribution is 2.44. The van der Waals surface area contributed by atoms with Gasteiger partial charge in [-0.05, 0) is 41.3 Å². The van der Waals surface area contributed by atoms with Gasteiger partial charge >= 0.3 is 0 Å². The SMILES string of the molecule is COc1ccc(C2/C(=C(\O)c3cc(Cl)c(OC)c(Cl)c3)C(=O)C(=O)N2Cc2cccs2)cc1OC. The van der Waals surface area contributed by atoms with Gasteiger partial charge in [-0.25, -0.2) is 0 Å². The van der Waals surface area contributed by atoms with Gasteiger partial charge in [0.05, 0.1) is 49.5 Å². The summed E-state index contributed by atoms with van der Waals surface area (Å²) in [5.41, 5.74) is 0.655. The molecule has 1 atom stereocenters. The average Bonchev–Trinajstić information content (AvgIpc) is 3.45. The van der Waals surface area contributed by atoms with E-state index in [9.17, 15) is 14.7 Å². The fraction of sp³-hybridized carbons (Fsp3) is 0.200. The van der Waals surface area contributed by atoms with E-state index in [4.69, 9.17) is 37.4 Å². The van der Waals surface area contributed by atoms with E-state index in [1.807, 2.05) is 17.5 Å². The number of ether oxygens (including phenoxy) is 3. The zero-order chi connectivity index (χ0) is 25.3. The van der Waals surface area contributed by atoms with Gasteiger partial charge in [-0.3, -0.25) is 9.59 Å². The van der Waals surface area contributed by atoms with Crippen molar-refractivity contribution in [2.24, 2.45) is 0 Å². The molecule has 7 nitrogen and oxygen atoms in total. The van der Waals surface area contributed by atoms with E-state index in [0.29, 0.717) is 17.1 Å². The molecule has 0 bridgehead atoms. The van der Waals surface area contributed by atoms with E-state index >= 15 is 0 Å². The lowest BCUT2D eigenvalue weighted by atomic mass is 9.95. The Labute approximate surface area is 216 Å². The van der Waals surface area contributed by atoms with Crippen LogP contribution in [0.4, 0.5) is 0 Å². The summed E-state index contributed by atoms with van der Waals surface area (Å²) in [7, 11) is 4.42. The quantitative estimate of drug-likeness (QED) is 0.238. The lowest BCUT2D eigenvalue weighted by Crippen LogP contribution is -2.28. The third kappa shape index (κ3) is 4.57. The van der Waals surface area contributed by atoms with Gasteiger partial charge in [0.25, 0.3) is 11.7 Å². The number of Topliss-reactive ketones (excluding diaryl/α,β-unsaturated/α-hetero) is 1. The fourth-order valence-corrected chi connectivity index (χ4v) is 5.37. The van der Waals surface area contributed by atoms with Crippen molar-refractivity contribution in [1.82, 2.24) is 4.90 Å². The van der Waals surface area contributed by atoms with Gasteiger partial charge in [-0.1, -0.05) is 35.3 Å². The summed E-state index contributed by atoms with van der Waals surface area (Å²) in [5.74, 6) is -0.808. The Morgan fingerprint density at radius 3 is 2.26 bits per heavy atom.